The predicted molar refractivity (Wildman–Crippen MR) is 76.3 cm³/mol. The molecule has 21 heavy (non-hydrogen) atoms. The molecule has 0 radical (unpaired) electrons. The number of methoxy groups -OCH3 is 1. The lowest BCUT2D eigenvalue weighted by Gasteiger charge is -2.11. The lowest BCUT2D eigenvalue weighted by molar-refractivity contribution is 0.297. The average Bonchev–Trinajstić information content (AvgIpc) is 2.45. The SMILES string of the molecule is COc1ccc(COc2ccc([C@@H](C)N)c(F)c2)c(F)c1. The van der Waals surface area contributed by atoms with E-state index >= 15 is 0 Å². The fourth-order valence-electron chi connectivity index (χ4n) is 1.90. The standard InChI is InChI=1S/C16H17F2NO2/c1-10(19)14-6-5-13(8-16(14)18)21-9-11-3-4-12(20-2)7-15(11)17/h3-8,10H,9,19H2,1-2H3/t10-/m1/s1. The van der Waals surface area contributed by atoms with Gasteiger partial charge in [0.05, 0.1) is 7.11 Å². The Balaban J connectivity index is 2.08. The van der Waals surface area contributed by atoms with E-state index in [0.29, 0.717) is 22.6 Å². The van der Waals surface area contributed by atoms with Crippen LogP contribution in [0.4, 0.5) is 8.78 Å². The molecule has 2 N–H and O–H groups in total. The smallest absolute Gasteiger partial charge is 0.133 e. The van der Waals surface area contributed by atoms with Crippen LogP contribution in [0.25, 0.3) is 0 Å². The van der Waals surface area contributed by atoms with Gasteiger partial charge in [-0.1, -0.05) is 6.07 Å². The molecule has 0 saturated carbocycles. The summed E-state index contributed by atoms with van der Waals surface area (Å²) in [5, 5.41) is 0. The van der Waals surface area contributed by atoms with E-state index in [0.717, 1.165) is 0 Å². The van der Waals surface area contributed by atoms with Crippen LogP contribution >= 0.6 is 0 Å². The highest BCUT2D eigenvalue weighted by atomic mass is 19.1. The second-order valence-corrected chi connectivity index (χ2v) is 4.72. The van der Waals surface area contributed by atoms with E-state index in [4.69, 9.17) is 15.2 Å². The number of hydrogen-bond acceptors (Lipinski definition) is 3. The van der Waals surface area contributed by atoms with Crippen molar-refractivity contribution in [2.24, 2.45) is 5.73 Å². The highest BCUT2D eigenvalue weighted by Crippen LogP contribution is 2.22. The first kappa shape index (κ1) is 15.3. The van der Waals surface area contributed by atoms with Gasteiger partial charge in [0.15, 0.2) is 0 Å². The highest BCUT2D eigenvalue weighted by Gasteiger charge is 2.09. The van der Waals surface area contributed by atoms with E-state index in [-0.39, 0.29) is 6.61 Å². The number of halogens is 2. The van der Waals surface area contributed by atoms with Crippen molar-refractivity contribution in [2.45, 2.75) is 19.6 Å². The molecule has 0 fully saturated rings. The molecule has 0 aliphatic heterocycles. The average molecular weight is 293 g/mol. The summed E-state index contributed by atoms with van der Waals surface area (Å²) in [6.07, 6.45) is 0. The maximum atomic E-state index is 13.8. The Kier molecular flexibility index (Phi) is 4.75. The minimum Gasteiger partial charge on any atom is -0.497 e. The number of rotatable bonds is 5. The molecule has 0 unspecified atom stereocenters. The van der Waals surface area contributed by atoms with E-state index in [1.165, 1.54) is 19.2 Å². The third-order valence-corrected chi connectivity index (χ3v) is 3.12. The van der Waals surface area contributed by atoms with Gasteiger partial charge in [-0.05, 0) is 25.1 Å². The molecular weight excluding hydrogens is 276 g/mol. The number of benzene rings is 2. The molecule has 0 aliphatic carbocycles. The van der Waals surface area contributed by atoms with Crippen LogP contribution in [0.5, 0.6) is 11.5 Å². The summed E-state index contributed by atoms with van der Waals surface area (Å²) in [7, 11) is 1.47. The van der Waals surface area contributed by atoms with Crippen LogP contribution < -0.4 is 15.2 Å². The Morgan fingerprint density at radius 3 is 2.29 bits per heavy atom. The molecule has 112 valence electrons. The molecule has 0 saturated heterocycles. The third-order valence-electron chi connectivity index (χ3n) is 3.12. The molecule has 2 aromatic carbocycles. The van der Waals surface area contributed by atoms with Gasteiger partial charge < -0.3 is 15.2 Å². The van der Waals surface area contributed by atoms with Gasteiger partial charge in [0.1, 0.15) is 29.7 Å². The number of nitrogens with two attached hydrogens (primary N) is 1. The van der Waals surface area contributed by atoms with E-state index in [1.54, 1.807) is 31.2 Å². The molecule has 0 aliphatic rings. The molecule has 0 aromatic heterocycles. The van der Waals surface area contributed by atoms with Crippen molar-refractivity contribution in [3.63, 3.8) is 0 Å². The maximum Gasteiger partial charge on any atom is 0.133 e. The third kappa shape index (κ3) is 3.70. The van der Waals surface area contributed by atoms with Crippen molar-refractivity contribution in [1.82, 2.24) is 0 Å². The zero-order chi connectivity index (χ0) is 15.4. The molecular formula is C16H17F2NO2. The summed E-state index contributed by atoms with van der Waals surface area (Å²) >= 11 is 0. The molecule has 0 spiro atoms. The molecule has 0 amide bonds. The minimum absolute atomic E-state index is 0.00674. The van der Waals surface area contributed by atoms with Gasteiger partial charge in [-0.15, -0.1) is 0 Å². The van der Waals surface area contributed by atoms with Crippen LogP contribution in [0.15, 0.2) is 36.4 Å². The van der Waals surface area contributed by atoms with Crippen molar-refractivity contribution in [1.29, 1.82) is 0 Å². The van der Waals surface area contributed by atoms with E-state index in [1.807, 2.05) is 0 Å². The van der Waals surface area contributed by atoms with Gasteiger partial charge in [-0.2, -0.15) is 0 Å². The van der Waals surface area contributed by atoms with Crippen LogP contribution in [0.1, 0.15) is 24.1 Å². The maximum absolute atomic E-state index is 13.8. The first-order valence-electron chi connectivity index (χ1n) is 6.51. The van der Waals surface area contributed by atoms with E-state index < -0.39 is 17.7 Å². The number of hydrogen-bond donors (Lipinski definition) is 1. The Morgan fingerprint density at radius 1 is 1.05 bits per heavy atom. The monoisotopic (exact) mass is 293 g/mol. The largest absolute Gasteiger partial charge is 0.497 e. The van der Waals surface area contributed by atoms with Gasteiger partial charge in [0.25, 0.3) is 0 Å². The summed E-state index contributed by atoms with van der Waals surface area (Å²) in [4.78, 5) is 0. The summed E-state index contributed by atoms with van der Waals surface area (Å²) in [5.74, 6) is -0.101. The minimum atomic E-state index is -0.433. The quantitative estimate of drug-likeness (QED) is 0.916. The molecule has 0 bridgehead atoms. The van der Waals surface area contributed by atoms with Crippen LogP contribution in [0.3, 0.4) is 0 Å². The van der Waals surface area contributed by atoms with Crippen LogP contribution in [-0.4, -0.2) is 7.11 Å². The first-order chi connectivity index (χ1) is 10.0. The van der Waals surface area contributed by atoms with Gasteiger partial charge in [0, 0.05) is 29.3 Å². The van der Waals surface area contributed by atoms with Crippen molar-refractivity contribution >= 4 is 0 Å². The number of ether oxygens (including phenoxy) is 2. The summed E-state index contributed by atoms with van der Waals surface area (Å²) < 4.78 is 37.8. The fraction of sp³-hybridized carbons (Fsp3) is 0.250. The first-order valence-corrected chi connectivity index (χ1v) is 6.51. The van der Waals surface area contributed by atoms with Crippen LogP contribution in [0, 0.1) is 11.6 Å². The van der Waals surface area contributed by atoms with E-state index in [2.05, 4.69) is 0 Å². The molecule has 0 heterocycles. The summed E-state index contributed by atoms with van der Waals surface area (Å²) in [6, 6.07) is 8.53. The lowest BCUT2D eigenvalue weighted by atomic mass is 10.1. The zero-order valence-electron chi connectivity index (χ0n) is 11.9. The van der Waals surface area contributed by atoms with Crippen molar-refractivity contribution in [3.8, 4) is 11.5 Å². The molecule has 1 atom stereocenters. The molecule has 3 nitrogen and oxygen atoms in total. The normalized spacial score (nSPS) is 12.0. The lowest BCUT2D eigenvalue weighted by Crippen LogP contribution is -2.07. The van der Waals surface area contributed by atoms with Crippen molar-refractivity contribution < 1.29 is 18.3 Å². The predicted octanol–water partition coefficient (Wildman–Crippen LogP) is 3.57. The van der Waals surface area contributed by atoms with Gasteiger partial charge >= 0.3 is 0 Å². The zero-order valence-corrected chi connectivity index (χ0v) is 11.9. The summed E-state index contributed by atoms with van der Waals surface area (Å²) in [6.45, 7) is 1.71. The Bertz CT molecular complexity index is 630. The molecule has 5 heteroatoms. The van der Waals surface area contributed by atoms with Crippen molar-refractivity contribution in [3.05, 3.63) is 59.2 Å². The Hall–Kier alpha value is -2.14. The Labute approximate surface area is 122 Å². The van der Waals surface area contributed by atoms with Gasteiger partial charge in [0.2, 0.25) is 0 Å². The summed E-state index contributed by atoms with van der Waals surface area (Å²) in [5.41, 5.74) is 6.42. The van der Waals surface area contributed by atoms with Gasteiger partial charge in [-0.3, -0.25) is 0 Å². The molecule has 2 rings (SSSR count). The van der Waals surface area contributed by atoms with Crippen molar-refractivity contribution in [2.75, 3.05) is 7.11 Å². The topological polar surface area (TPSA) is 44.5 Å². The van der Waals surface area contributed by atoms with Gasteiger partial charge in [-0.25, -0.2) is 8.78 Å². The van der Waals surface area contributed by atoms with Crippen LogP contribution in [0.2, 0.25) is 0 Å². The Morgan fingerprint density at radius 2 is 1.71 bits per heavy atom. The fourth-order valence-corrected chi connectivity index (χ4v) is 1.90. The van der Waals surface area contributed by atoms with Crippen LogP contribution in [-0.2, 0) is 6.61 Å². The second kappa shape index (κ2) is 6.54. The van der Waals surface area contributed by atoms with E-state index in [9.17, 15) is 8.78 Å². The highest BCUT2D eigenvalue weighted by molar-refractivity contribution is 5.32. The second-order valence-electron chi connectivity index (χ2n) is 4.72. The molecule has 2 aromatic rings.